The van der Waals surface area contributed by atoms with Crippen LogP contribution in [-0.2, 0) is 4.74 Å². The van der Waals surface area contributed by atoms with Gasteiger partial charge in [0.15, 0.2) is 11.6 Å². The Bertz CT molecular complexity index is 1640. The maximum Gasteiger partial charge on any atom is 0.230 e. The SMILES string of the molecule is COC1C=CC(c2csc(N=Nc3c(Nc4ccc(C)cc4)nc(Nc4ccc(C)cc4)c(C#N)c3C)n2)=CC1. The van der Waals surface area contributed by atoms with E-state index >= 15 is 0 Å². The molecule has 1 aliphatic carbocycles. The molecule has 2 aromatic carbocycles. The number of nitriles is 1. The lowest BCUT2D eigenvalue weighted by molar-refractivity contribution is 0.143. The van der Waals surface area contributed by atoms with Crippen molar-refractivity contribution < 1.29 is 4.74 Å². The second-order valence-electron chi connectivity index (χ2n) is 9.50. The zero-order valence-electron chi connectivity index (χ0n) is 22.8. The van der Waals surface area contributed by atoms with Crippen molar-refractivity contribution in [2.45, 2.75) is 33.3 Å². The summed E-state index contributed by atoms with van der Waals surface area (Å²) in [4.78, 5) is 9.46. The van der Waals surface area contributed by atoms with Crippen molar-refractivity contribution >= 4 is 50.7 Å². The average Bonchev–Trinajstić information content (AvgIpc) is 3.44. The molecular weight excluding hydrogens is 518 g/mol. The molecule has 5 rings (SSSR count). The molecule has 200 valence electrons. The number of allylic oxidation sites excluding steroid dienone is 2. The van der Waals surface area contributed by atoms with E-state index in [-0.39, 0.29) is 6.10 Å². The molecule has 9 heteroatoms. The predicted octanol–water partition coefficient (Wildman–Crippen LogP) is 8.60. The summed E-state index contributed by atoms with van der Waals surface area (Å²) < 4.78 is 5.38. The molecule has 0 amide bonds. The number of benzene rings is 2. The van der Waals surface area contributed by atoms with Gasteiger partial charge >= 0.3 is 0 Å². The minimum Gasteiger partial charge on any atom is -0.377 e. The zero-order chi connectivity index (χ0) is 28.1. The molecule has 0 spiro atoms. The van der Waals surface area contributed by atoms with E-state index in [1.54, 1.807) is 7.11 Å². The number of pyridine rings is 1. The molecule has 2 aromatic heterocycles. The number of thiazole rings is 1. The molecule has 40 heavy (non-hydrogen) atoms. The van der Waals surface area contributed by atoms with Gasteiger partial charge in [-0.1, -0.05) is 53.6 Å². The second-order valence-corrected chi connectivity index (χ2v) is 10.3. The fourth-order valence-electron chi connectivity index (χ4n) is 4.18. The fraction of sp³-hybridized carbons (Fsp3) is 0.194. The van der Waals surface area contributed by atoms with Crippen LogP contribution in [0, 0.1) is 32.1 Å². The van der Waals surface area contributed by atoms with Crippen LogP contribution in [0.4, 0.5) is 33.8 Å². The predicted molar refractivity (Wildman–Crippen MR) is 161 cm³/mol. The molecular formula is C31H29N7OS. The van der Waals surface area contributed by atoms with Gasteiger partial charge in [0.25, 0.3) is 0 Å². The Labute approximate surface area is 237 Å². The Morgan fingerprint density at radius 3 is 2.15 bits per heavy atom. The molecule has 0 fully saturated rings. The highest BCUT2D eigenvalue weighted by Crippen LogP contribution is 2.38. The van der Waals surface area contributed by atoms with Crippen LogP contribution in [-0.4, -0.2) is 23.2 Å². The summed E-state index contributed by atoms with van der Waals surface area (Å²) in [6.07, 6.45) is 7.05. The number of hydrogen-bond acceptors (Lipinski definition) is 9. The van der Waals surface area contributed by atoms with E-state index in [4.69, 9.17) is 9.72 Å². The van der Waals surface area contributed by atoms with Crippen LogP contribution in [0.25, 0.3) is 5.57 Å². The van der Waals surface area contributed by atoms with Crippen molar-refractivity contribution in [2.24, 2.45) is 10.2 Å². The van der Waals surface area contributed by atoms with Crippen LogP contribution in [0.3, 0.4) is 0 Å². The fourth-order valence-corrected chi connectivity index (χ4v) is 4.82. The lowest BCUT2D eigenvalue weighted by atomic mass is 10.0. The van der Waals surface area contributed by atoms with Crippen molar-refractivity contribution in [3.63, 3.8) is 0 Å². The monoisotopic (exact) mass is 547 g/mol. The van der Waals surface area contributed by atoms with Gasteiger partial charge in [0.2, 0.25) is 5.13 Å². The first-order valence-electron chi connectivity index (χ1n) is 12.8. The third-order valence-corrected chi connectivity index (χ3v) is 7.27. The number of azo groups is 1. The van der Waals surface area contributed by atoms with Crippen molar-refractivity contribution in [1.82, 2.24) is 9.97 Å². The molecule has 1 aliphatic rings. The third-order valence-electron chi connectivity index (χ3n) is 6.54. The first kappa shape index (κ1) is 26.9. The second kappa shape index (κ2) is 12.0. The minimum absolute atomic E-state index is 0.0919. The maximum absolute atomic E-state index is 10.1. The summed E-state index contributed by atoms with van der Waals surface area (Å²) >= 11 is 1.41. The Balaban J connectivity index is 1.50. The summed E-state index contributed by atoms with van der Waals surface area (Å²) in [6.45, 7) is 5.92. The van der Waals surface area contributed by atoms with E-state index in [9.17, 15) is 5.26 Å². The normalized spacial score (nSPS) is 14.7. The summed E-state index contributed by atoms with van der Waals surface area (Å²) in [5.74, 6) is 0.929. The molecule has 0 radical (unpaired) electrons. The number of nitrogens with zero attached hydrogens (tertiary/aromatic N) is 5. The summed E-state index contributed by atoms with van der Waals surface area (Å²) in [7, 11) is 1.71. The Morgan fingerprint density at radius 1 is 0.925 bits per heavy atom. The van der Waals surface area contributed by atoms with Gasteiger partial charge in [0.05, 0.1) is 17.4 Å². The van der Waals surface area contributed by atoms with Gasteiger partial charge in [-0.15, -0.1) is 21.6 Å². The van der Waals surface area contributed by atoms with Gasteiger partial charge in [-0.2, -0.15) is 5.26 Å². The lowest BCUT2D eigenvalue weighted by Gasteiger charge is -2.16. The summed E-state index contributed by atoms with van der Waals surface area (Å²) in [5.41, 5.74) is 7.38. The molecule has 0 bridgehead atoms. The molecule has 0 saturated carbocycles. The van der Waals surface area contributed by atoms with Gasteiger partial charge in [0, 0.05) is 29.4 Å². The van der Waals surface area contributed by atoms with E-state index < -0.39 is 0 Å². The standard InChI is InChI=1S/C31H29N7OS/c1-19-5-11-23(12-6-19)33-29-26(17-32)21(3)28(30(36-29)34-24-13-7-20(2)8-14-24)37-38-31-35-27(18-40-31)22-9-15-25(39-4)16-10-22/h5-15,18,25H,16H2,1-4H3,(H2,33,34,36). The van der Waals surface area contributed by atoms with E-state index in [1.165, 1.54) is 11.3 Å². The number of aryl methyl sites for hydroxylation is 2. The third kappa shape index (κ3) is 6.15. The summed E-state index contributed by atoms with van der Waals surface area (Å²) in [5, 5.41) is 28.2. The Kier molecular flexibility index (Phi) is 8.10. The smallest absolute Gasteiger partial charge is 0.230 e. The first-order valence-corrected chi connectivity index (χ1v) is 13.7. The number of rotatable bonds is 8. The highest BCUT2D eigenvalue weighted by atomic mass is 32.1. The van der Waals surface area contributed by atoms with E-state index in [0.29, 0.717) is 33.6 Å². The molecule has 2 N–H and O–H groups in total. The van der Waals surface area contributed by atoms with Gasteiger partial charge in [-0.25, -0.2) is 9.97 Å². The van der Waals surface area contributed by atoms with Gasteiger partial charge in [-0.3, -0.25) is 0 Å². The molecule has 2 heterocycles. The van der Waals surface area contributed by atoms with E-state index in [1.807, 2.05) is 86.8 Å². The Morgan fingerprint density at radius 2 is 1.57 bits per heavy atom. The largest absolute Gasteiger partial charge is 0.377 e. The van der Waals surface area contributed by atoms with Gasteiger partial charge in [-0.05, 0) is 57.0 Å². The molecule has 0 aliphatic heterocycles. The highest BCUT2D eigenvalue weighted by molar-refractivity contribution is 7.13. The minimum atomic E-state index is 0.0919. The van der Waals surface area contributed by atoms with Crippen LogP contribution >= 0.6 is 11.3 Å². The number of hydrogen-bond donors (Lipinski definition) is 2. The van der Waals surface area contributed by atoms with Crippen LogP contribution < -0.4 is 10.6 Å². The van der Waals surface area contributed by atoms with Gasteiger partial charge in [0.1, 0.15) is 11.8 Å². The molecule has 4 aromatic rings. The number of aromatic nitrogens is 2. The highest BCUT2D eigenvalue weighted by Gasteiger charge is 2.19. The zero-order valence-corrected chi connectivity index (χ0v) is 23.6. The van der Waals surface area contributed by atoms with Crippen LogP contribution in [0.2, 0.25) is 0 Å². The topological polar surface area (TPSA) is 108 Å². The first-order chi connectivity index (χ1) is 19.4. The number of anilines is 4. The van der Waals surface area contributed by atoms with E-state index in [0.717, 1.165) is 40.2 Å². The average molecular weight is 548 g/mol. The number of ether oxygens (including phenoxy) is 1. The van der Waals surface area contributed by atoms with Crippen LogP contribution in [0.5, 0.6) is 0 Å². The van der Waals surface area contributed by atoms with Crippen molar-refractivity contribution in [1.29, 1.82) is 5.26 Å². The van der Waals surface area contributed by atoms with Crippen molar-refractivity contribution in [2.75, 3.05) is 17.7 Å². The van der Waals surface area contributed by atoms with Crippen LogP contribution in [0.15, 0.2) is 82.4 Å². The Hall–Kier alpha value is -4.65. The van der Waals surface area contributed by atoms with E-state index in [2.05, 4.69) is 38.0 Å². The molecule has 8 nitrogen and oxygen atoms in total. The summed E-state index contributed by atoms with van der Waals surface area (Å²) in [6, 6.07) is 18.2. The van der Waals surface area contributed by atoms with Gasteiger partial charge < -0.3 is 15.4 Å². The lowest BCUT2D eigenvalue weighted by Crippen LogP contribution is -2.08. The van der Waals surface area contributed by atoms with Crippen molar-refractivity contribution in [3.8, 4) is 6.07 Å². The number of methoxy groups -OCH3 is 1. The molecule has 1 unspecified atom stereocenters. The molecule has 1 atom stereocenters. The maximum atomic E-state index is 10.1. The van der Waals surface area contributed by atoms with Crippen molar-refractivity contribution in [3.05, 3.63) is 100 Å². The quantitative estimate of drug-likeness (QED) is 0.214. The number of nitrogens with one attached hydrogen (secondary N) is 2. The molecule has 0 saturated heterocycles. The van der Waals surface area contributed by atoms with Crippen LogP contribution in [0.1, 0.15) is 34.4 Å².